The first-order valence-corrected chi connectivity index (χ1v) is 12.4. The molecule has 0 bridgehead atoms. The van der Waals surface area contributed by atoms with Gasteiger partial charge in [0.2, 0.25) is 17.7 Å². The Morgan fingerprint density at radius 2 is 1.32 bits per heavy atom. The van der Waals surface area contributed by atoms with Gasteiger partial charge in [-0.3, -0.25) is 14.4 Å². The molecular weight excluding hydrogens is 438 g/mol. The van der Waals surface area contributed by atoms with Gasteiger partial charge in [-0.25, -0.2) is 4.79 Å². The van der Waals surface area contributed by atoms with Crippen molar-refractivity contribution in [2.24, 2.45) is 29.2 Å². The van der Waals surface area contributed by atoms with Crippen LogP contribution < -0.4 is 27.4 Å². The van der Waals surface area contributed by atoms with E-state index in [9.17, 15) is 24.3 Å². The zero-order valence-corrected chi connectivity index (χ0v) is 21.7. The lowest BCUT2D eigenvalue weighted by Crippen LogP contribution is -2.58. The number of nitrogens with one attached hydrogen (secondary N) is 3. The minimum Gasteiger partial charge on any atom is -0.480 e. The van der Waals surface area contributed by atoms with E-state index in [2.05, 4.69) is 16.0 Å². The van der Waals surface area contributed by atoms with Crippen LogP contribution in [0.3, 0.4) is 0 Å². The topological polar surface area (TPSA) is 177 Å². The Morgan fingerprint density at radius 1 is 0.794 bits per heavy atom. The number of carboxylic acid groups (broad SMARTS) is 1. The average molecular weight is 486 g/mol. The lowest BCUT2D eigenvalue weighted by molar-refractivity contribution is -0.144. The van der Waals surface area contributed by atoms with Gasteiger partial charge in [-0.05, 0) is 56.4 Å². The van der Waals surface area contributed by atoms with Gasteiger partial charge < -0.3 is 32.5 Å². The van der Waals surface area contributed by atoms with E-state index in [1.165, 1.54) is 0 Å². The summed E-state index contributed by atoms with van der Waals surface area (Å²) in [6.07, 6.45) is 3.02. The second kappa shape index (κ2) is 16.4. The Hall–Kier alpha value is -2.20. The van der Waals surface area contributed by atoms with Crippen molar-refractivity contribution in [2.75, 3.05) is 6.54 Å². The third-order valence-corrected chi connectivity index (χ3v) is 5.76. The Labute approximate surface area is 204 Å². The molecule has 5 atom stereocenters. The monoisotopic (exact) mass is 485 g/mol. The fourth-order valence-electron chi connectivity index (χ4n) is 3.57. The van der Waals surface area contributed by atoms with E-state index in [1.807, 2.05) is 34.6 Å². The van der Waals surface area contributed by atoms with Crippen LogP contribution >= 0.6 is 0 Å². The van der Waals surface area contributed by atoms with Gasteiger partial charge in [-0.2, -0.15) is 0 Å². The summed E-state index contributed by atoms with van der Waals surface area (Å²) >= 11 is 0. The molecule has 10 heteroatoms. The molecule has 0 rings (SSSR count). The van der Waals surface area contributed by atoms with Crippen LogP contribution in [0.25, 0.3) is 0 Å². The highest BCUT2D eigenvalue weighted by atomic mass is 16.4. The molecule has 0 radical (unpaired) electrons. The molecule has 8 N–H and O–H groups in total. The molecule has 0 aromatic carbocycles. The summed E-state index contributed by atoms with van der Waals surface area (Å²) in [5, 5.41) is 17.5. The first-order chi connectivity index (χ1) is 15.8. The van der Waals surface area contributed by atoms with Crippen LogP contribution in [-0.4, -0.2) is 59.5 Å². The van der Waals surface area contributed by atoms with Crippen LogP contribution in [0.4, 0.5) is 0 Å². The van der Waals surface area contributed by atoms with E-state index in [0.717, 1.165) is 0 Å². The Morgan fingerprint density at radius 3 is 1.79 bits per heavy atom. The van der Waals surface area contributed by atoms with E-state index in [4.69, 9.17) is 11.5 Å². The number of carboxylic acids is 1. The maximum Gasteiger partial charge on any atom is 0.326 e. The molecule has 3 amide bonds. The predicted octanol–water partition coefficient (Wildman–Crippen LogP) is 1.12. The number of unbranched alkanes of at least 4 members (excludes halogenated alkanes) is 1. The summed E-state index contributed by atoms with van der Waals surface area (Å²) in [4.78, 5) is 50.3. The van der Waals surface area contributed by atoms with E-state index in [1.54, 1.807) is 6.92 Å². The molecule has 0 aromatic heterocycles. The minimum absolute atomic E-state index is 0.0627. The lowest BCUT2D eigenvalue weighted by atomic mass is 9.97. The van der Waals surface area contributed by atoms with Crippen molar-refractivity contribution in [1.82, 2.24) is 16.0 Å². The summed E-state index contributed by atoms with van der Waals surface area (Å²) in [6.45, 7) is 11.8. The van der Waals surface area contributed by atoms with Crippen molar-refractivity contribution >= 4 is 23.7 Å². The van der Waals surface area contributed by atoms with Gasteiger partial charge in [0.1, 0.15) is 18.1 Å². The number of rotatable bonds is 17. The summed E-state index contributed by atoms with van der Waals surface area (Å²) in [7, 11) is 0. The van der Waals surface area contributed by atoms with Crippen molar-refractivity contribution in [3.05, 3.63) is 0 Å². The first-order valence-electron chi connectivity index (χ1n) is 12.4. The van der Waals surface area contributed by atoms with Gasteiger partial charge >= 0.3 is 5.97 Å². The van der Waals surface area contributed by atoms with Gasteiger partial charge in [0.25, 0.3) is 0 Å². The number of amides is 3. The number of carbonyl (C=O) groups is 4. The standard InChI is InChI=1S/C24H47N5O5/c1-7-16(6)20(24(33)34)29-23(32)19(13-15(4)5)28-22(31)18(10-8-9-11-25)27-21(30)17(26)12-14(2)3/h14-20H,7-13,25-26H2,1-6H3,(H,27,30)(H,28,31)(H,29,32)(H,33,34). The number of aliphatic carboxylic acids is 1. The highest BCUT2D eigenvalue weighted by Crippen LogP contribution is 2.12. The van der Waals surface area contributed by atoms with Crippen LogP contribution in [0.1, 0.15) is 80.1 Å². The maximum atomic E-state index is 13.1. The number of hydrogen-bond acceptors (Lipinski definition) is 6. The minimum atomic E-state index is -1.12. The van der Waals surface area contributed by atoms with Crippen molar-refractivity contribution < 1.29 is 24.3 Å². The Bertz CT molecular complexity index is 656. The third-order valence-electron chi connectivity index (χ3n) is 5.76. The predicted molar refractivity (Wildman–Crippen MR) is 133 cm³/mol. The SMILES string of the molecule is CCC(C)C(NC(=O)C(CC(C)C)NC(=O)C(CCCCN)NC(=O)C(N)CC(C)C)C(=O)O. The Balaban J connectivity index is 5.54. The van der Waals surface area contributed by atoms with E-state index >= 15 is 0 Å². The molecule has 0 spiro atoms. The summed E-state index contributed by atoms with van der Waals surface area (Å²) in [5.41, 5.74) is 11.5. The molecule has 0 aliphatic heterocycles. The molecule has 0 aliphatic rings. The lowest BCUT2D eigenvalue weighted by Gasteiger charge is -2.27. The molecule has 0 saturated heterocycles. The van der Waals surface area contributed by atoms with Crippen molar-refractivity contribution in [3.63, 3.8) is 0 Å². The summed E-state index contributed by atoms with van der Waals surface area (Å²) in [6, 6.07) is -3.61. The van der Waals surface area contributed by atoms with E-state index in [-0.39, 0.29) is 17.8 Å². The zero-order valence-electron chi connectivity index (χ0n) is 21.7. The maximum absolute atomic E-state index is 13.1. The fourth-order valence-corrected chi connectivity index (χ4v) is 3.57. The number of hydrogen-bond donors (Lipinski definition) is 6. The fraction of sp³-hybridized carbons (Fsp3) is 0.833. The number of nitrogens with two attached hydrogens (primary N) is 2. The van der Waals surface area contributed by atoms with Gasteiger partial charge in [-0.1, -0.05) is 48.0 Å². The van der Waals surface area contributed by atoms with Crippen LogP contribution in [0.2, 0.25) is 0 Å². The molecule has 0 heterocycles. The van der Waals surface area contributed by atoms with Crippen LogP contribution in [-0.2, 0) is 19.2 Å². The average Bonchev–Trinajstić information content (AvgIpc) is 2.74. The quantitative estimate of drug-likeness (QED) is 0.167. The molecule has 0 fully saturated rings. The third kappa shape index (κ3) is 12.3. The van der Waals surface area contributed by atoms with Gasteiger partial charge in [0.05, 0.1) is 6.04 Å². The molecule has 0 saturated carbocycles. The molecule has 34 heavy (non-hydrogen) atoms. The normalized spacial score (nSPS) is 15.8. The smallest absolute Gasteiger partial charge is 0.326 e. The summed E-state index contributed by atoms with van der Waals surface area (Å²) in [5.74, 6) is -2.60. The van der Waals surface area contributed by atoms with Crippen molar-refractivity contribution in [3.8, 4) is 0 Å². The van der Waals surface area contributed by atoms with Crippen LogP contribution in [0, 0.1) is 17.8 Å². The summed E-state index contributed by atoms with van der Waals surface area (Å²) < 4.78 is 0. The molecule has 10 nitrogen and oxygen atoms in total. The second-order valence-corrected chi connectivity index (χ2v) is 9.98. The second-order valence-electron chi connectivity index (χ2n) is 9.98. The van der Waals surface area contributed by atoms with Gasteiger partial charge in [0, 0.05) is 0 Å². The highest BCUT2D eigenvalue weighted by Gasteiger charge is 2.32. The molecule has 5 unspecified atom stereocenters. The van der Waals surface area contributed by atoms with Gasteiger partial charge in [-0.15, -0.1) is 0 Å². The Kier molecular flexibility index (Phi) is 15.4. The highest BCUT2D eigenvalue weighted by molar-refractivity contribution is 5.94. The molecule has 0 aliphatic carbocycles. The van der Waals surface area contributed by atoms with Crippen LogP contribution in [0.15, 0.2) is 0 Å². The zero-order chi connectivity index (χ0) is 26.4. The number of carbonyl (C=O) groups excluding carboxylic acids is 3. The molecule has 0 aromatic rings. The van der Waals surface area contributed by atoms with Crippen LogP contribution in [0.5, 0.6) is 0 Å². The van der Waals surface area contributed by atoms with Crippen molar-refractivity contribution in [1.29, 1.82) is 0 Å². The van der Waals surface area contributed by atoms with Crippen molar-refractivity contribution in [2.45, 2.75) is 104 Å². The van der Waals surface area contributed by atoms with Gasteiger partial charge in [0.15, 0.2) is 0 Å². The van der Waals surface area contributed by atoms with E-state index < -0.39 is 47.9 Å². The molecule has 198 valence electrons. The van der Waals surface area contributed by atoms with E-state index in [0.29, 0.717) is 45.1 Å². The molecular formula is C24H47N5O5. The largest absolute Gasteiger partial charge is 0.480 e. The first kappa shape index (κ1) is 31.8.